The van der Waals surface area contributed by atoms with Crippen molar-refractivity contribution in [3.05, 3.63) is 36.0 Å². The number of nitrogens with zero attached hydrogens (tertiary/aromatic N) is 1. The summed E-state index contributed by atoms with van der Waals surface area (Å²) in [6.45, 7) is 7.57. The van der Waals surface area contributed by atoms with E-state index in [0.717, 1.165) is 30.4 Å². The molecule has 0 unspecified atom stereocenters. The highest BCUT2D eigenvalue weighted by Crippen LogP contribution is 2.28. The van der Waals surface area contributed by atoms with Crippen molar-refractivity contribution in [1.82, 2.24) is 20.5 Å². The van der Waals surface area contributed by atoms with Crippen LogP contribution in [0.3, 0.4) is 0 Å². The quantitative estimate of drug-likeness (QED) is 0.788. The van der Waals surface area contributed by atoms with Gasteiger partial charge in [0, 0.05) is 36.1 Å². The number of carbonyl (C=O) groups excluding carboxylic acids is 2. The standard InChI is InChI=1S/C20H26N4O2/c1-20(2,3)17(19(26)24-11-13-9-14(24)10-21-13)23-18(25)16-8-12-6-4-5-7-15(12)22-16/h4-8,13-14,17,21-22H,9-11H2,1-3H3,(H,23,25)/t13-,14-,17+/m0/s1. The van der Waals surface area contributed by atoms with Crippen molar-refractivity contribution in [3.63, 3.8) is 0 Å². The number of benzene rings is 1. The first-order valence-corrected chi connectivity index (χ1v) is 9.25. The van der Waals surface area contributed by atoms with E-state index in [1.807, 2.05) is 56.0 Å². The number of H-pyrrole nitrogens is 1. The van der Waals surface area contributed by atoms with Crippen molar-refractivity contribution in [3.8, 4) is 0 Å². The van der Waals surface area contributed by atoms with Crippen LogP contribution in [0.1, 0.15) is 37.7 Å². The van der Waals surface area contributed by atoms with Gasteiger partial charge in [-0.1, -0.05) is 39.0 Å². The number of nitrogens with one attached hydrogen (secondary N) is 3. The van der Waals surface area contributed by atoms with Crippen molar-refractivity contribution in [2.24, 2.45) is 5.41 Å². The van der Waals surface area contributed by atoms with E-state index >= 15 is 0 Å². The summed E-state index contributed by atoms with van der Waals surface area (Å²) in [5.74, 6) is -0.215. The van der Waals surface area contributed by atoms with Crippen LogP contribution in [0.2, 0.25) is 0 Å². The number of hydrogen-bond acceptors (Lipinski definition) is 3. The van der Waals surface area contributed by atoms with Crippen LogP contribution in [0, 0.1) is 5.41 Å². The molecule has 138 valence electrons. The van der Waals surface area contributed by atoms with Crippen molar-refractivity contribution >= 4 is 22.7 Å². The van der Waals surface area contributed by atoms with Crippen molar-refractivity contribution < 1.29 is 9.59 Å². The van der Waals surface area contributed by atoms with Gasteiger partial charge < -0.3 is 20.5 Å². The number of amides is 2. The van der Waals surface area contributed by atoms with Gasteiger partial charge in [0.15, 0.2) is 0 Å². The molecule has 6 heteroatoms. The van der Waals surface area contributed by atoms with E-state index < -0.39 is 6.04 Å². The molecule has 2 aromatic rings. The van der Waals surface area contributed by atoms with Gasteiger partial charge in [-0.25, -0.2) is 0 Å². The molecule has 2 fully saturated rings. The Labute approximate surface area is 153 Å². The molecule has 3 heterocycles. The molecule has 4 rings (SSSR count). The molecular formula is C20H26N4O2. The largest absolute Gasteiger partial charge is 0.351 e. The predicted molar refractivity (Wildman–Crippen MR) is 101 cm³/mol. The molecule has 0 aliphatic carbocycles. The summed E-state index contributed by atoms with van der Waals surface area (Å²) in [4.78, 5) is 31.1. The zero-order valence-electron chi connectivity index (χ0n) is 15.5. The van der Waals surface area contributed by atoms with Crippen LogP contribution in [0.25, 0.3) is 10.9 Å². The molecule has 2 aliphatic heterocycles. The van der Waals surface area contributed by atoms with E-state index in [4.69, 9.17) is 0 Å². The number of likely N-dealkylation sites (tertiary alicyclic amines) is 1. The molecule has 2 bridgehead atoms. The Hall–Kier alpha value is -2.34. The van der Waals surface area contributed by atoms with Crippen LogP contribution >= 0.6 is 0 Å². The van der Waals surface area contributed by atoms with Crippen molar-refractivity contribution in [2.45, 2.75) is 45.3 Å². The molecule has 1 aromatic carbocycles. The van der Waals surface area contributed by atoms with Gasteiger partial charge in [0.1, 0.15) is 11.7 Å². The summed E-state index contributed by atoms with van der Waals surface area (Å²) in [6, 6.07) is 9.69. The summed E-state index contributed by atoms with van der Waals surface area (Å²) in [5.41, 5.74) is 1.03. The Balaban J connectivity index is 1.55. The lowest BCUT2D eigenvalue weighted by atomic mass is 9.85. The highest BCUT2D eigenvalue weighted by Gasteiger charge is 2.45. The molecule has 26 heavy (non-hydrogen) atoms. The Morgan fingerprint density at radius 1 is 1.27 bits per heavy atom. The third-order valence-corrected chi connectivity index (χ3v) is 5.50. The van der Waals surface area contributed by atoms with Crippen LogP contribution in [-0.4, -0.2) is 52.9 Å². The molecular weight excluding hydrogens is 328 g/mol. The minimum absolute atomic E-state index is 0.0240. The van der Waals surface area contributed by atoms with E-state index in [-0.39, 0.29) is 23.3 Å². The second kappa shape index (κ2) is 6.13. The van der Waals surface area contributed by atoms with E-state index in [0.29, 0.717) is 11.7 Å². The van der Waals surface area contributed by atoms with Crippen molar-refractivity contribution in [1.29, 1.82) is 0 Å². The topological polar surface area (TPSA) is 77.2 Å². The Morgan fingerprint density at radius 3 is 2.65 bits per heavy atom. The number of para-hydroxylation sites is 1. The van der Waals surface area contributed by atoms with Gasteiger partial charge in [-0.2, -0.15) is 0 Å². The van der Waals surface area contributed by atoms with E-state index in [9.17, 15) is 9.59 Å². The summed E-state index contributed by atoms with van der Waals surface area (Å²) in [6.07, 6.45) is 1.01. The highest BCUT2D eigenvalue weighted by atomic mass is 16.2. The SMILES string of the molecule is CC(C)(C)[C@H](NC(=O)c1cc2ccccc2[nH]1)C(=O)N1C[C@@H]2C[C@H]1CN2. The average Bonchev–Trinajstić information content (AvgIpc) is 3.31. The smallest absolute Gasteiger partial charge is 0.268 e. The highest BCUT2D eigenvalue weighted by molar-refractivity contribution is 6.00. The molecule has 0 radical (unpaired) electrons. The zero-order valence-corrected chi connectivity index (χ0v) is 15.5. The van der Waals surface area contributed by atoms with Gasteiger partial charge in [0.25, 0.3) is 5.91 Å². The first-order valence-electron chi connectivity index (χ1n) is 9.25. The second-order valence-electron chi connectivity index (χ2n) is 8.53. The second-order valence-corrected chi connectivity index (χ2v) is 8.53. The maximum absolute atomic E-state index is 13.2. The summed E-state index contributed by atoms with van der Waals surface area (Å²) in [5, 5.41) is 7.39. The van der Waals surface area contributed by atoms with Crippen LogP contribution in [0.5, 0.6) is 0 Å². The lowest BCUT2D eigenvalue weighted by Crippen LogP contribution is -2.58. The van der Waals surface area contributed by atoms with E-state index in [1.54, 1.807) is 0 Å². The van der Waals surface area contributed by atoms with Gasteiger partial charge in [-0.3, -0.25) is 9.59 Å². The number of carbonyl (C=O) groups is 2. The molecule has 0 spiro atoms. The van der Waals surface area contributed by atoms with Gasteiger partial charge in [-0.15, -0.1) is 0 Å². The fraction of sp³-hybridized carbons (Fsp3) is 0.500. The number of piperazine rings is 1. The summed E-state index contributed by atoms with van der Waals surface area (Å²) in [7, 11) is 0. The van der Waals surface area contributed by atoms with Crippen molar-refractivity contribution in [2.75, 3.05) is 13.1 Å². The van der Waals surface area contributed by atoms with Crippen LogP contribution in [-0.2, 0) is 4.79 Å². The first kappa shape index (κ1) is 17.1. The van der Waals surface area contributed by atoms with Gasteiger partial charge in [-0.05, 0) is 24.0 Å². The molecule has 2 amide bonds. The maximum Gasteiger partial charge on any atom is 0.268 e. The molecule has 2 aliphatic rings. The number of rotatable bonds is 3. The fourth-order valence-electron chi connectivity index (χ4n) is 4.05. The number of aromatic nitrogens is 1. The molecule has 2 saturated heterocycles. The normalized spacial score (nSPS) is 23.4. The number of fused-ring (bicyclic) bond motifs is 3. The fourth-order valence-corrected chi connectivity index (χ4v) is 4.05. The first-order chi connectivity index (χ1) is 12.3. The molecule has 0 saturated carbocycles. The van der Waals surface area contributed by atoms with Crippen LogP contribution in [0.4, 0.5) is 0 Å². The number of aromatic amines is 1. The van der Waals surface area contributed by atoms with Gasteiger partial charge in [0.2, 0.25) is 5.91 Å². The monoisotopic (exact) mass is 354 g/mol. The Bertz CT molecular complexity index is 818. The lowest BCUT2D eigenvalue weighted by molar-refractivity contribution is -0.137. The third kappa shape index (κ3) is 2.98. The van der Waals surface area contributed by atoms with Gasteiger partial charge >= 0.3 is 0 Å². The molecule has 3 atom stereocenters. The number of hydrogen-bond donors (Lipinski definition) is 3. The Kier molecular flexibility index (Phi) is 4.03. The van der Waals surface area contributed by atoms with E-state index in [2.05, 4.69) is 15.6 Å². The summed E-state index contributed by atoms with van der Waals surface area (Å²) < 4.78 is 0. The maximum atomic E-state index is 13.2. The average molecular weight is 354 g/mol. The van der Waals surface area contributed by atoms with Crippen LogP contribution in [0.15, 0.2) is 30.3 Å². The lowest BCUT2D eigenvalue weighted by Gasteiger charge is -2.36. The Morgan fingerprint density at radius 2 is 2.04 bits per heavy atom. The third-order valence-electron chi connectivity index (χ3n) is 5.50. The van der Waals surface area contributed by atoms with Crippen LogP contribution < -0.4 is 10.6 Å². The predicted octanol–water partition coefficient (Wildman–Crippen LogP) is 1.89. The zero-order chi connectivity index (χ0) is 18.5. The van der Waals surface area contributed by atoms with Gasteiger partial charge in [0.05, 0.1) is 0 Å². The summed E-state index contributed by atoms with van der Waals surface area (Å²) >= 11 is 0. The minimum Gasteiger partial charge on any atom is -0.351 e. The van der Waals surface area contributed by atoms with E-state index in [1.165, 1.54) is 0 Å². The molecule has 3 N–H and O–H groups in total. The minimum atomic E-state index is -0.555. The molecule has 1 aromatic heterocycles. The molecule has 6 nitrogen and oxygen atoms in total.